The SMILES string of the molecule is COc1ccc2cc(-c3nc4cc(C(=O)N5CCCC(N)C5)cc5c4n3CCO5)n(CC3CC3)c2c1. The van der Waals surface area contributed by atoms with Gasteiger partial charge in [-0.3, -0.25) is 4.79 Å². The average molecular weight is 486 g/mol. The smallest absolute Gasteiger partial charge is 0.254 e. The van der Waals surface area contributed by atoms with E-state index in [1.807, 2.05) is 23.1 Å². The molecule has 186 valence electrons. The Morgan fingerprint density at radius 3 is 2.86 bits per heavy atom. The molecule has 1 saturated carbocycles. The molecule has 2 aromatic carbocycles. The number of fused-ring (bicyclic) bond motifs is 1. The van der Waals surface area contributed by atoms with Crippen LogP contribution in [0.25, 0.3) is 33.5 Å². The zero-order valence-electron chi connectivity index (χ0n) is 20.6. The molecule has 8 heteroatoms. The quantitative estimate of drug-likeness (QED) is 0.461. The van der Waals surface area contributed by atoms with Gasteiger partial charge in [-0.05, 0) is 61.9 Å². The lowest BCUT2D eigenvalue weighted by Crippen LogP contribution is -2.45. The van der Waals surface area contributed by atoms with Crippen LogP contribution in [-0.4, -0.2) is 57.8 Å². The van der Waals surface area contributed by atoms with Crippen LogP contribution in [0.3, 0.4) is 0 Å². The molecule has 1 aliphatic carbocycles. The molecule has 0 spiro atoms. The van der Waals surface area contributed by atoms with Gasteiger partial charge in [0.1, 0.15) is 23.6 Å². The summed E-state index contributed by atoms with van der Waals surface area (Å²) in [5.74, 6) is 3.22. The maximum absolute atomic E-state index is 13.4. The zero-order chi connectivity index (χ0) is 24.4. The summed E-state index contributed by atoms with van der Waals surface area (Å²) in [6.45, 7) is 3.58. The molecular weight excluding hydrogens is 454 g/mol. The van der Waals surface area contributed by atoms with Crippen LogP contribution in [0.1, 0.15) is 36.0 Å². The Bertz CT molecular complexity index is 1500. The maximum atomic E-state index is 13.4. The van der Waals surface area contributed by atoms with Gasteiger partial charge in [0.2, 0.25) is 0 Å². The number of carbonyl (C=O) groups is 1. The third kappa shape index (κ3) is 3.54. The largest absolute Gasteiger partial charge is 0.497 e. The summed E-state index contributed by atoms with van der Waals surface area (Å²) < 4.78 is 16.2. The summed E-state index contributed by atoms with van der Waals surface area (Å²) in [7, 11) is 1.71. The van der Waals surface area contributed by atoms with Crippen LogP contribution < -0.4 is 15.2 Å². The maximum Gasteiger partial charge on any atom is 0.254 e. The summed E-state index contributed by atoms with van der Waals surface area (Å²) in [5, 5.41) is 1.18. The van der Waals surface area contributed by atoms with E-state index in [0.717, 1.165) is 66.5 Å². The van der Waals surface area contributed by atoms with Gasteiger partial charge >= 0.3 is 0 Å². The van der Waals surface area contributed by atoms with Crippen LogP contribution in [0.4, 0.5) is 0 Å². The molecule has 2 aliphatic heterocycles. The number of likely N-dealkylation sites (tertiary alicyclic amines) is 1. The lowest BCUT2D eigenvalue weighted by molar-refractivity contribution is 0.0708. The van der Waals surface area contributed by atoms with Crippen LogP contribution in [0.2, 0.25) is 0 Å². The Balaban J connectivity index is 1.37. The highest BCUT2D eigenvalue weighted by atomic mass is 16.5. The van der Waals surface area contributed by atoms with Crippen molar-refractivity contribution in [2.75, 3.05) is 26.8 Å². The first-order valence-corrected chi connectivity index (χ1v) is 13.0. The number of hydrogen-bond donors (Lipinski definition) is 1. The molecule has 7 rings (SSSR count). The highest BCUT2D eigenvalue weighted by Gasteiger charge is 2.29. The van der Waals surface area contributed by atoms with E-state index in [1.165, 1.54) is 23.7 Å². The number of ether oxygens (including phenoxy) is 2. The van der Waals surface area contributed by atoms with Gasteiger partial charge in [-0.2, -0.15) is 0 Å². The van der Waals surface area contributed by atoms with Gasteiger partial charge < -0.3 is 29.2 Å². The van der Waals surface area contributed by atoms with Crippen molar-refractivity contribution in [2.45, 2.75) is 44.8 Å². The van der Waals surface area contributed by atoms with E-state index in [1.54, 1.807) is 7.11 Å². The molecule has 1 saturated heterocycles. The fraction of sp³-hybridized carbons (Fsp3) is 0.429. The molecule has 0 bridgehead atoms. The average Bonchev–Trinajstić information content (AvgIpc) is 3.55. The predicted molar refractivity (Wildman–Crippen MR) is 139 cm³/mol. The summed E-state index contributed by atoms with van der Waals surface area (Å²) in [6, 6.07) is 12.3. The van der Waals surface area contributed by atoms with Gasteiger partial charge in [0, 0.05) is 42.7 Å². The second-order valence-corrected chi connectivity index (χ2v) is 10.4. The van der Waals surface area contributed by atoms with E-state index in [-0.39, 0.29) is 11.9 Å². The van der Waals surface area contributed by atoms with Gasteiger partial charge in [0.25, 0.3) is 5.91 Å². The number of aromatic nitrogens is 3. The fourth-order valence-corrected chi connectivity index (χ4v) is 5.80. The first-order valence-electron chi connectivity index (χ1n) is 13.0. The third-order valence-corrected chi connectivity index (χ3v) is 7.85. The number of hydrogen-bond acceptors (Lipinski definition) is 5. The Labute approximate surface area is 209 Å². The highest BCUT2D eigenvalue weighted by molar-refractivity contribution is 6.00. The van der Waals surface area contributed by atoms with Crippen molar-refractivity contribution in [3.63, 3.8) is 0 Å². The number of carbonyl (C=O) groups excluding carboxylic acids is 1. The Morgan fingerprint density at radius 2 is 2.06 bits per heavy atom. The molecule has 1 atom stereocenters. The monoisotopic (exact) mass is 485 g/mol. The highest BCUT2D eigenvalue weighted by Crippen LogP contribution is 2.40. The minimum atomic E-state index is 0.00326. The molecular formula is C28H31N5O3. The fourth-order valence-electron chi connectivity index (χ4n) is 5.80. The lowest BCUT2D eigenvalue weighted by Gasteiger charge is -2.31. The molecule has 1 amide bonds. The number of benzene rings is 2. The Hall–Kier alpha value is -3.52. The summed E-state index contributed by atoms with van der Waals surface area (Å²) in [6.07, 6.45) is 4.44. The predicted octanol–water partition coefficient (Wildman–Crippen LogP) is 4.03. The van der Waals surface area contributed by atoms with Gasteiger partial charge in [-0.25, -0.2) is 4.98 Å². The molecule has 1 unspecified atom stereocenters. The second kappa shape index (κ2) is 8.27. The van der Waals surface area contributed by atoms with Crippen LogP contribution in [0.5, 0.6) is 11.5 Å². The molecule has 2 N–H and O–H groups in total. The Kier molecular flexibility index (Phi) is 4.99. The number of imidazole rings is 1. The molecule has 36 heavy (non-hydrogen) atoms. The topological polar surface area (TPSA) is 87.5 Å². The van der Waals surface area contributed by atoms with E-state index in [0.29, 0.717) is 24.6 Å². The minimum Gasteiger partial charge on any atom is -0.497 e. The molecule has 8 nitrogen and oxygen atoms in total. The number of nitrogens with two attached hydrogens (primary N) is 1. The van der Waals surface area contributed by atoms with Crippen LogP contribution in [0.15, 0.2) is 36.4 Å². The van der Waals surface area contributed by atoms with Crippen molar-refractivity contribution in [1.29, 1.82) is 0 Å². The van der Waals surface area contributed by atoms with Crippen molar-refractivity contribution < 1.29 is 14.3 Å². The molecule has 4 heterocycles. The lowest BCUT2D eigenvalue weighted by atomic mass is 10.0. The summed E-state index contributed by atoms with van der Waals surface area (Å²) in [4.78, 5) is 20.3. The van der Waals surface area contributed by atoms with Gasteiger partial charge in [-0.1, -0.05) is 0 Å². The van der Waals surface area contributed by atoms with E-state index < -0.39 is 0 Å². The zero-order valence-corrected chi connectivity index (χ0v) is 20.6. The number of amides is 1. The van der Waals surface area contributed by atoms with Crippen molar-refractivity contribution in [2.24, 2.45) is 11.7 Å². The molecule has 4 aromatic rings. The third-order valence-electron chi connectivity index (χ3n) is 7.85. The number of nitrogens with zero attached hydrogens (tertiary/aromatic N) is 4. The Morgan fingerprint density at radius 1 is 1.17 bits per heavy atom. The van der Waals surface area contributed by atoms with Crippen molar-refractivity contribution >= 4 is 27.8 Å². The van der Waals surface area contributed by atoms with E-state index in [9.17, 15) is 4.79 Å². The van der Waals surface area contributed by atoms with Gasteiger partial charge in [0.05, 0.1) is 30.4 Å². The summed E-state index contributed by atoms with van der Waals surface area (Å²) in [5.41, 5.74) is 10.8. The summed E-state index contributed by atoms with van der Waals surface area (Å²) >= 11 is 0. The second-order valence-electron chi connectivity index (χ2n) is 10.4. The first kappa shape index (κ1) is 21.7. The number of rotatable bonds is 5. The van der Waals surface area contributed by atoms with Crippen molar-refractivity contribution in [3.05, 3.63) is 42.0 Å². The normalized spacial score (nSPS) is 19.6. The van der Waals surface area contributed by atoms with Crippen molar-refractivity contribution in [1.82, 2.24) is 19.0 Å². The van der Waals surface area contributed by atoms with Gasteiger partial charge in [-0.15, -0.1) is 0 Å². The van der Waals surface area contributed by atoms with Crippen LogP contribution in [0, 0.1) is 5.92 Å². The number of piperidine rings is 1. The molecule has 3 aliphatic rings. The standard InChI is InChI=1S/C28H31N5O3/c1-35-21-7-6-18-12-24(33(23(18)14-21)15-17-4-5-17)27-30-22-11-19(13-25-26(22)32(27)9-10-36-25)28(34)31-8-2-3-20(29)16-31/h6-7,11-14,17,20H,2-5,8-10,15-16,29H2,1H3. The molecule has 2 aromatic heterocycles. The molecule has 0 radical (unpaired) electrons. The van der Waals surface area contributed by atoms with Crippen LogP contribution >= 0.6 is 0 Å². The van der Waals surface area contributed by atoms with Crippen LogP contribution in [-0.2, 0) is 13.1 Å². The molecule has 2 fully saturated rings. The van der Waals surface area contributed by atoms with E-state index in [4.69, 9.17) is 20.2 Å². The van der Waals surface area contributed by atoms with E-state index in [2.05, 4.69) is 27.3 Å². The van der Waals surface area contributed by atoms with E-state index >= 15 is 0 Å². The first-order chi connectivity index (χ1) is 17.6. The minimum absolute atomic E-state index is 0.00326. The number of methoxy groups -OCH3 is 1. The van der Waals surface area contributed by atoms with Crippen molar-refractivity contribution in [3.8, 4) is 23.0 Å². The van der Waals surface area contributed by atoms with Gasteiger partial charge in [0.15, 0.2) is 5.82 Å².